The number of halogens is 1. The monoisotopic (exact) mass is 302 g/mol. The fourth-order valence-electron chi connectivity index (χ4n) is 2.26. The van der Waals surface area contributed by atoms with Crippen LogP contribution in [0.25, 0.3) is 0 Å². The van der Waals surface area contributed by atoms with E-state index in [0.717, 1.165) is 5.56 Å². The predicted molar refractivity (Wildman–Crippen MR) is 87.6 cm³/mol. The van der Waals surface area contributed by atoms with E-state index in [2.05, 4.69) is 32.0 Å². The third-order valence-corrected chi connectivity index (χ3v) is 3.79. The molecule has 21 heavy (non-hydrogen) atoms. The summed E-state index contributed by atoms with van der Waals surface area (Å²) in [7, 11) is 1.77. The molecule has 0 radical (unpaired) electrons. The molecule has 2 aromatic rings. The number of aryl methyl sites for hydroxylation is 2. The zero-order valence-corrected chi connectivity index (χ0v) is 13.2. The number of anilines is 1. The Kier molecular flexibility index (Phi) is 4.53. The van der Waals surface area contributed by atoms with Crippen LogP contribution in [0.15, 0.2) is 36.4 Å². The quantitative estimate of drug-likeness (QED) is 0.876. The molecule has 3 nitrogen and oxygen atoms in total. The number of benzene rings is 2. The van der Waals surface area contributed by atoms with Crippen molar-refractivity contribution in [2.75, 3.05) is 12.8 Å². The van der Waals surface area contributed by atoms with Gasteiger partial charge in [-0.2, -0.15) is 0 Å². The van der Waals surface area contributed by atoms with Gasteiger partial charge in [0.25, 0.3) is 5.91 Å². The van der Waals surface area contributed by atoms with Crippen molar-refractivity contribution in [2.24, 2.45) is 0 Å². The van der Waals surface area contributed by atoms with Gasteiger partial charge in [0.1, 0.15) is 0 Å². The van der Waals surface area contributed by atoms with Crippen molar-refractivity contribution in [1.82, 2.24) is 4.90 Å². The Balaban J connectivity index is 2.19. The van der Waals surface area contributed by atoms with Crippen molar-refractivity contribution in [3.8, 4) is 0 Å². The number of amides is 1. The topological polar surface area (TPSA) is 46.3 Å². The fourth-order valence-corrected chi connectivity index (χ4v) is 2.53. The van der Waals surface area contributed by atoms with E-state index in [-0.39, 0.29) is 5.91 Å². The molecular weight excluding hydrogens is 284 g/mol. The number of nitrogens with two attached hydrogens (primary N) is 1. The van der Waals surface area contributed by atoms with Gasteiger partial charge in [0.15, 0.2) is 0 Å². The second-order valence-electron chi connectivity index (χ2n) is 5.33. The van der Waals surface area contributed by atoms with Crippen LogP contribution in [0.3, 0.4) is 0 Å². The summed E-state index contributed by atoms with van der Waals surface area (Å²) in [6, 6.07) is 11.2. The lowest BCUT2D eigenvalue weighted by atomic mass is 10.1. The summed E-state index contributed by atoms with van der Waals surface area (Å²) >= 11 is 6.10. The lowest BCUT2D eigenvalue weighted by molar-refractivity contribution is 0.0785. The zero-order valence-electron chi connectivity index (χ0n) is 12.5. The Morgan fingerprint density at radius 2 is 1.90 bits per heavy atom. The highest BCUT2D eigenvalue weighted by molar-refractivity contribution is 6.34. The first kappa shape index (κ1) is 15.4. The molecule has 4 heteroatoms. The van der Waals surface area contributed by atoms with Crippen LogP contribution < -0.4 is 5.73 Å². The SMILES string of the molecule is Cc1ccc(CN(C)C(=O)c2ccc(N)cc2Cl)c(C)c1. The maximum Gasteiger partial charge on any atom is 0.255 e. The summed E-state index contributed by atoms with van der Waals surface area (Å²) in [4.78, 5) is 14.1. The summed E-state index contributed by atoms with van der Waals surface area (Å²) < 4.78 is 0. The predicted octanol–water partition coefficient (Wildman–Crippen LogP) is 3.81. The van der Waals surface area contributed by atoms with Crippen LogP contribution in [0.4, 0.5) is 5.69 Å². The molecular formula is C17H19ClN2O. The van der Waals surface area contributed by atoms with Gasteiger partial charge < -0.3 is 10.6 Å². The van der Waals surface area contributed by atoms with Gasteiger partial charge in [0.05, 0.1) is 10.6 Å². The molecule has 0 unspecified atom stereocenters. The molecule has 2 rings (SSSR count). The first-order valence-electron chi connectivity index (χ1n) is 6.75. The fraction of sp³-hybridized carbons (Fsp3) is 0.235. The van der Waals surface area contributed by atoms with Crippen molar-refractivity contribution >= 4 is 23.2 Å². The number of carbonyl (C=O) groups excluding carboxylic acids is 1. The van der Waals surface area contributed by atoms with E-state index >= 15 is 0 Å². The summed E-state index contributed by atoms with van der Waals surface area (Å²) in [5, 5.41) is 0.382. The lowest BCUT2D eigenvalue weighted by Crippen LogP contribution is -2.26. The standard InChI is InChI=1S/C17H19ClN2O/c1-11-4-5-13(12(2)8-11)10-20(3)17(21)15-7-6-14(19)9-16(15)18/h4-9H,10,19H2,1-3H3. The average molecular weight is 303 g/mol. The molecule has 1 amide bonds. The van der Waals surface area contributed by atoms with Crippen LogP contribution in [-0.2, 0) is 6.54 Å². The molecule has 0 aliphatic carbocycles. The van der Waals surface area contributed by atoms with E-state index in [1.807, 2.05) is 0 Å². The lowest BCUT2D eigenvalue weighted by Gasteiger charge is -2.19. The van der Waals surface area contributed by atoms with Gasteiger partial charge in [-0.1, -0.05) is 35.4 Å². The smallest absolute Gasteiger partial charge is 0.255 e. The molecule has 0 bridgehead atoms. The van der Waals surface area contributed by atoms with Crippen LogP contribution in [-0.4, -0.2) is 17.9 Å². The molecule has 2 N–H and O–H groups in total. The summed E-state index contributed by atoms with van der Waals surface area (Å²) in [6.07, 6.45) is 0. The number of hydrogen-bond acceptors (Lipinski definition) is 2. The number of hydrogen-bond donors (Lipinski definition) is 1. The van der Waals surface area contributed by atoms with Gasteiger partial charge in [-0.25, -0.2) is 0 Å². The maximum atomic E-state index is 12.5. The Hall–Kier alpha value is -2.00. The van der Waals surface area contributed by atoms with E-state index in [4.69, 9.17) is 17.3 Å². The Morgan fingerprint density at radius 3 is 2.52 bits per heavy atom. The minimum absolute atomic E-state index is 0.111. The summed E-state index contributed by atoms with van der Waals surface area (Å²) in [5.74, 6) is -0.111. The maximum absolute atomic E-state index is 12.5. The molecule has 0 heterocycles. The van der Waals surface area contributed by atoms with Crippen LogP contribution in [0, 0.1) is 13.8 Å². The number of nitrogen functional groups attached to an aromatic ring is 1. The minimum Gasteiger partial charge on any atom is -0.399 e. The van der Waals surface area contributed by atoms with Crippen LogP contribution in [0.2, 0.25) is 5.02 Å². The van der Waals surface area contributed by atoms with Crippen molar-refractivity contribution in [3.05, 3.63) is 63.7 Å². The molecule has 0 aromatic heterocycles. The van der Waals surface area contributed by atoms with E-state index < -0.39 is 0 Å². The van der Waals surface area contributed by atoms with Crippen LogP contribution in [0.1, 0.15) is 27.0 Å². The molecule has 0 spiro atoms. The van der Waals surface area contributed by atoms with Gasteiger partial charge in [-0.05, 0) is 43.2 Å². The van der Waals surface area contributed by atoms with Crippen molar-refractivity contribution in [3.63, 3.8) is 0 Å². The molecule has 0 fully saturated rings. The second-order valence-corrected chi connectivity index (χ2v) is 5.74. The molecule has 0 atom stereocenters. The highest BCUT2D eigenvalue weighted by Gasteiger charge is 2.16. The second kappa shape index (κ2) is 6.19. The van der Waals surface area contributed by atoms with Gasteiger partial charge in [-0.15, -0.1) is 0 Å². The molecule has 0 saturated heterocycles. The zero-order chi connectivity index (χ0) is 15.6. The van der Waals surface area contributed by atoms with E-state index in [9.17, 15) is 4.79 Å². The first-order valence-corrected chi connectivity index (χ1v) is 7.13. The molecule has 110 valence electrons. The Morgan fingerprint density at radius 1 is 1.19 bits per heavy atom. The number of rotatable bonds is 3. The first-order chi connectivity index (χ1) is 9.88. The molecule has 2 aromatic carbocycles. The van der Waals surface area contributed by atoms with Gasteiger partial charge >= 0.3 is 0 Å². The summed E-state index contributed by atoms with van der Waals surface area (Å²) in [5.41, 5.74) is 10.2. The largest absolute Gasteiger partial charge is 0.399 e. The van der Waals surface area contributed by atoms with Gasteiger partial charge in [0, 0.05) is 19.3 Å². The number of carbonyl (C=O) groups is 1. The van der Waals surface area contributed by atoms with E-state index in [1.54, 1.807) is 30.1 Å². The minimum atomic E-state index is -0.111. The Bertz CT molecular complexity index is 682. The molecule has 0 aliphatic heterocycles. The number of nitrogens with zero attached hydrogens (tertiary/aromatic N) is 1. The van der Waals surface area contributed by atoms with Gasteiger partial charge in [-0.3, -0.25) is 4.79 Å². The molecule has 0 saturated carbocycles. The summed E-state index contributed by atoms with van der Waals surface area (Å²) in [6.45, 7) is 4.66. The third-order valence-electron chi connectivity index (χ3n) is 3.48. The normalized spacial score (nSPS) is 10.5. The highest BCUT2D eigenvalue weighted by atomic mass is 35.5. The van der Waals surface area contributed by atoms with Crippen LogP contribution >= 0.6 is 11.6 Å². The van der Waals surface area contributed by atoms with E-state index in [0.29, 0.717) is 22.8 Å². The Labute approximate surface area is 130 Å². The van der Waals surface area contributed by atoms with Gasteiger partial charge in [0.2, 0.25) is 0 Å². The van der Waals surface area contributed by atoms with Crippen molar-refractivity contribution in [1.29, 1.82) is 0 Å². The molecule has 0 aliphatic rings. The highest BCUT2D eigenvalue weighted by Crippen LogP contribution is 2.21. The van der Waals surface area contributed by atoms with E-state index in [1.165, 1.54) is 11.1 Å². The van der Waals surface area contributed by atoms with Crippen LogP contribution in [0.5, 0.6) is 0 Å². The third kappa shape index (κ3) is 3.56. The van der Waals surface area contributed by atoms with Crippen molar-refractivity contribution < 1.29 is 4.79 Å². The average Bonchev–Trinajstić information content (AvgIpc) is 2.41. The van der Waals surface area contributed by atoms with Crippen molar-refractivity contribution in [2.45, 2.75) is 20.4 Å².